The number of carbonyl (C=O) groups excluding carboxylic acids is 1. The Morgan fingerprint density at radius 1 is 1.14 bits per heavy atom. The number of nitrogens with one attached hydrogen (secondary N) is 1. The van der Waals surface area contributed by atoms with Gasteiger partial charge < -0.3 is 14.7 Å². The van der Waals surface area contributed by atoms with Crippen molar-refractivity contribution in [1.29, 1.82) is 0 Å². The fraction of sp³-hybridized carbons (Fsp3) is 0.200. The summed E-state index contributed by atoms with van der Waals surface area (Å²) < 4.78 is 58.5. The standard InChI is InChI=1S/C20H15F4N3O2/c1-10-6-17-14(19(29-26-17)11-2-4-12(21)5-3-11)9-27(10)20(28)25-13-7-15(22)18(24)16(23)8-13/h2-5,7-8,10H,6,9H2,1H3,(H,25,28). The number of rotatable bonds is 2. The highest BCUT2D eigenvalue weighted by Crippen LogP contribution is 2.33. The summed E-state index contributed by atoms with van der Waals surface area (Å²) in [6.45, 7) is 1.92. The third-order valence-electron chi connectivity index (χ3n) is 4.82. The Hall–Kier alpha value is -3.36. The predicted octanol–water partition coefficient (Wildman–Crippen LogP) is 4.88. The number of amides is 2. The molecule has 0 saturated heterocycles. The molecular weight excluding hydrogens is 390 g/mol. The minimum Gasteiger partial charge on any atom is -0.356 e. The van der Waals surface area contributed by atoms with Gasteiger partial charge in [-0.2, -0.15) is 0 Å². The number of nitrogens with zero attached hydrogens (tertiary/aromatic N) is 2. The second kappa shape index (κ2) is 7.23. The number of hydrogen-bond acceptors (Lipinski definition) is 3. The normalized spacial score (nSPS) is 15.9. The minimum absolute atomic E-state index is 0.130. The van der Waals surface area contributed by atoms with Gasteiger partial charge in [0.25, 0.3) is 0 Å². The van der Waals surface area contributed by atoms with Gasteiger partial charge in [0.05, 0.1) is 12.2 Å². The Balaban J connectivity index is 1.59. The topological polar surface area (TPSA) is 58.4 Å². The van der Waals surface area contributed by atoms with Gasteiger partial charge in [-0.05, 0) is 31.2 Å². The number of anilines is 1. The van der Waals surface area contributed by atoms with Crippen LogP contribution >= 0.6 is 0 Å². The van der Waals surface area contributed by atoms with Crippen LogP contribution in [0.1, 0.15) is 18.2 Å². The Morgan fingerprint density at radius 2 is 1.79 bits per heavy atom. The van der Waals surface area contributed by atoms with Crippen LogP contribution in [0.5, 0.6) is 0 Å². The Bertz CT molecular complexity index is 1060. The lowest BCUT2D eigenvalue weighted by Gasteiger charge is -2.32. The number of hydrogen-bond donors (Lipinski definition) is 1. The molecule has 1 atom stereocenters. The number of aromatic nitrogens is 1. The average Bonchev–Trinajstić information content (AvgIpc) is 3.08. The summed E-state index contributed by atoms with van der Waals surface area (Å²) in [5.74, 6) is -4.37. The zero-order chi connectivity index (χ0) is 20.7. The molecule has 2 heterocycles. The minimum atomic E-state index is -1.60. The van der Waals surface area contributed by atoms with E-state index in [1.807, 2.05) is 0 Å². The molecule has 9 heteroatoms. The highest BCUT2D eigenvalue weighted by atomic mass is 19.2. The maximum Gasteiger partial charge on any atom is 0.322 e. The monoisotopic (exact) mass is 405 g/mol. The van der Waals surface area contributed by atoms with Crippen molar-refractivity contribution in [2.45, 2.75) is 25.9 Å². The average molecular weight is 405 g/mol. The molecule has 2 amide bonds. The van der Waals surface area contributed by atoms with Gasteiger partial charge in [0.2, 0.25) is 0 Å². The van der Waals surface area contributed by atoms with Crippen LogP contribution < -0.4 is 5.32 Å². The van der Waals surface area contributed by atoms with Crippen molar-refractivity contribution in [2.24, 2.45) is 0 Å². The summed E-state index contributed by atoms with van der Waals surface area (Å²) in [6, 6.07) is 6.20. The molecule has 4 rings (SSSR count). The van der Waals surface area contributed by atoms with Gasteiger partial charge in [0, 0.05) is 41.4 Å². The Morgan fingerprint density at radius 3 is 2.45 bits per heavy atom. The first-order valence-corrected chi connectivity index (χ1v) is 8.79. The summed E-state index contributed by atoms with van der Waals surface area (Å²) in [4.78, 5) is 14.1. The molecule has 2 aromatic carbocycles. The third-order valence-corrected chi connectivity index (χ3v) is 4.82. The van der Waals surface area contributed by atoms with E-state index in [-0.39, 0.29) is 18.3 Å². The molecule has 1 aromatic heterocycles. The highest BCUT2D eigenvalue weighted by Gasteiger charge is 2.32. The zero-order valence-corrected chi connectivity index (χ0v) is 15.2. The lowest BCUT2D eigenvalue weighted by molar-refractivity contribution is 0.182. The Labute approximate surface area is 162 Å². The van der Waals surface area contributed by atoms with E-state index < -0.39 is 29.3 Å². The van der Waals surface area contributed by atoms with Gasteiger partial charge in [-0.25, -0.2) is 22.4 Å². The van der Waals surface area contributed by atoms with Crippen molar-refractivity contribution >= 4 is 11.7 Å². The van der Waals surface area contributed by atoms with Crippen LogP contribution in [-0.2, 0) is 13.0 Å². The van der Waals surface area contributed by atoms with Gasteiger partial charge in [0.1, 0.15) is 5.82 Å². The van der Waals surface area contributed by atoms with Gasteiger partial charge >= 0.3 is 6.03 Å². The van der Waals surface area contributed by atoms with Crippen molar-refractivity contribution in [3.05, 3.63) is 70.9 Å². The van der Waals surface area contributed by atoms with E-state index in [0.29, 0.717) is 41.1 Å². The van der Waals surface area contributed by atoms with Crippen molar-refractivity contribution < 1.29 is 26.9 Å². The second-order valence-corrected chi connectivity index (χ2v) is 6.81. The first-order chi connectivity index (χ1) is 13.8. The summed E-state index contributed by atoms with van der Waals surface area (Å²) in [6.07, 6.45) is 0.402. The van der Waals surface area contributed by atoms with Crippen LogP contribution in [0.4, 0.5) is 28.0 Å². The number of carbonyl (C=O) groups is 1. The summed E-state index contributed by atoms with van der Waals surface area (Å²) in [5.41, 5.74) is 1.76. The zero-order valence-electron chi connectivity index (χ0n) is 15.2. The third kappa shape index (κ3) is 3.55. The maximum absolute atomic E-state index is 13.4. The molecule has 0 spiro atoms. The SMILES string of the molecule is CC1Cc2noc(-c3ccc(F)cc3)c2CN1C(=O)Nc1cc(F)c(F)c(F)c1. The summed E-state index contributed by atoms with van der Waals surface area (Å²) >= 11 is 0. The summed E-state index contributed by atoms with van der Waals surface area (Å²) in [5, 5.41) is 6.43. The van der Waals surface area contributed by atoms with Crippen LogP contribution in [-0.4, -0.2) is 22.1 Å². The van der Waals surface area contributed by atoms with Crippen LogP contribution in [0.3, 0.4) is 0 Å². The number of urea groups is 1. The molecule has 0 radical (unpaired) electrons. The molecule has 5 nitrogen and oxygen atoms in total. The van der Waals surface area contributed by atoms with E-state index in [1.54, 1.807) is 19.1 Å². The molecule has 150 valence electrons. The quantitative estimate of drug-likeness (QED) is 0.489. The van der Waals surface area contributed by atoms with Crippen molar-refractivity contribution in [3.63, 3.8) is 0 Å². The highest BCUT2D eigenvalue weighted by molar-refractivity contribution is 5.89. The molecule has 1 unspecified atom stereocenters. The van der Waals surface area contributed by atoms with E-state index in [4.69, 9.17) is 4.52 Å². The van der Waals surface area contributed by atoms with Crippen LogP contribution in [0.25, 0.3) is 11.3 Å². The largest absolute Gasteiger partial charge is 0.356 e. The fourth-order valence-electron chi connectivity index (χ4n) is 3.30. The van der Waals surface area contributed by atoms with E-state index in [1.165, 1.54) is 17.0 Å². The molecule has 0 bridgehead atoms. The molecule has 0 fully saturated rings. The maximum atomic E-state index is 13.4. The van der Waals surface area contributed by atoms with Crippen LogP contribution in [0.15, 0.2) is 40.9 Å². The number of fused-ring (bicyclic) bond motifs is 1. The van der Waals surface area contributed by atoms with Crippen molar-refractivity contribution in [1.82, 2.24) is 10.1 Å². The van der Waals surface area contributed by atoms with Crippen LogP contribution in [0.2, 0.25) is 0 Å². The van der Waals surface area contributed by atoms with Gasteiger partial charge in [0.15, 0.2) is 23.2 Å². The van der Waals surface area contributed by atoms with Crippen molar-refractivity contribution in [2.75, 3.05) is 5.32 Å². The first kappa shape index (κ1) is 19.0. The first-order valence-electron chi connectivity index (χ1n) is 8.79. The molecule has 0 saturated carbocycles. The molecular formula is C20H15F4N3O2. The van der Waals surface area contributed by atoms with E-state index in [2.05, 4.69) is 10.5 Å². The smallest absolute Gasteiger partial charge is 0.322 e. The van der Waals surface area contributed by atoms with Gasteiger partial charge in [-0.15, -0.1) is 0 Å². The molecule has 1 aliphatic rings. The van der Waals surface area contributed by atoms with Crippen LogP contribution in [0, 0.1) is 23.3 Å². The number of halogens is 4. The lowest BCUT2D eigenvalue weighted by atomic mass is 9.97. The van der Waals surface area contributed by atoms with Gasteiger partial charge in [-0.1, -0.05) is 5.16 Å². The Kier molecular flexibility index (Phi) is 4.73. The molecule has 3 aromatic rings. The predicted molar refractivity (Wildman–Crippen MR) is 95.9 cm³/mol. The van der Waals surface area contributed by atoms with E-state index in [0.717, 1.165) is 0 Å². The number of benzene rings is 2. The molecule has 1 N–H and O–H groups in total. The second-order valence-electron chi connectivity index (χ2n) is 6.81. The summed E-state index contributed by atoms with van der Waals surface area (Å²) in [7, 11) is 0. The molecule has 0 aliphatic carbocycles. The lowest BCUT2D eigenvalue weighted by Crippen LogP contribution is -2.44. The molecule has 29 heavy (non-hydrogen) atoms. The fourth-order valence-corrected chi connectivity index (χ4v) is 3.30. The van der Waals surface area contributed by atoms with Crippen molar-refractivity contribution in [3.8, 4) is 11.3 Å². The van der Waals surface area contributed by atoms with E-state index >= 15 is 0 Å². The molecule has 1 aliphatic heterocycles. The van der Waals surface area contributed by atoms with Gasteiger partial charge in [-0.3, -0.25) is 0 Å². The van der Waals surface area contributed by atoms with E-state index in [9.17, 15) is 22.4 Å².